The molecule has 0 heterocycles. The van der Waals surface area contributed by atoms with E-state index in [2.05, 4.69) is 10.0 Å². The van der Waals surface area contributed by atoms with Crippen LogP contribution in [0.1, 0.15) is 28.4 Å². The normalized spacial score (nSPS) is 13.4. The average molecular weight is 301 g/mol. The molecule has 2 aromatic carbocycles. The number of aliphatic hydroxyl groups is 2. The number of nitrogens with zero attached hydrogens (tertiary/aromatic N) is 3. The number of hydrogen-bond acceptors (Lipinski definition) is 4. The van der Waals surface area contributed by atoms with Crippen LogP contribution in [0, 0.1) is 0 Å². The van der Waals surface area contributed by atoms with E-state index < -0.39 is 18.2 Å². The van der Waals surface area contributed by atoms with Crippen LogP contribution in [0.25, 0.3) is 21.2 Å². The molecule has 0 bridgehead atoms. The van der Waals surface area contributed by atoms with Crippen LogP contribution in [0.15, 0.2) is 41.5 Å². The lowest BCUT2D eigenvalue weighted by Crippen LogP contribution is -2.19. The number of carboxylic acid groups (broad SMARTS) is 1. The molecule has 22 heavy (non-hydrogen) atoms. The fraction of sp³-hybridized carbons (Fsp3) is 0.267. The molecule has 0 aliphatic rings. The van der Waals surface area contributed by atoms with Crippen LogP contribution >= 0.6 is 0 Å². The standard InChI is InChI=1S/C15H15N3O4/c16-18-17-6-5-13(19)14(20)11-3-1-10-8-12(15(21)22)4-2-9(10)7-11/h1-4,7-8,13-14,19-20H,5-6H2,(H,21,22). The predicted octanol–water partition coefficient (Wildman–Crippen LogP) is 2.63. The van der Waals surface area contributed by atoms with E-state index in [1.807, 2.05) is 0 Å². The van der Waals surface area contributed by atoms with Gasteiger partial charge in [-0.1, -0.05) is 23.3 Å². The smallest absolute Gasteiger partial charge is 0.335 e. The van der Waals surface area contributed by atoms with Crippen molar-refractivity contribution in [1.82, 2.24) is 0 Å². The maximum Gasteiger partial charge on any atom is 0.335 e. The van der Waals surface area contributed by atoms with Gasteiger partial charge in [0.2, 0.25) is 0 Å². The van der Waals surface area contributed by atoms with Gasteiger partial charge in [-0.2, -0.15) is 0 Å². The van der Waals surface area contributed by atoms with E-state index >= 15 is 0 Å². The molecule has 0 fully saturated rings. The molecular weight excluding hydrogens is 286 g/mol. The van der Waals surface area contributed by atoms with Crippen LogP contribution in [0.5, 0.6) is 0 Å². The van der Waals surface area contributed by atoms with E-state index in [0.717, 1.165) is 10.8 Å². The zero-order valence-electron chi connectivity index (χ0n) is 11.6. The Hall–Kier alpha value is -2.60. The van der Waals surface area contributed by atoms with Gasteiger partial charge in [0.25, 0.3) is 0 Å². The average Bonchev–Trinajstić information content (AvgIpc) is 2.53. The van der Waals surface area contributed by atoms with E-state index in [0.29, 0.717) is 5.56 Å². The third kappa shape index (κ3) is 3.53. The van der Waals surface area contributed by atoms with Gasteiger partial charge in [0.1, 0.15) is 6.10 Å². The molecule has 2 rings (SSSR count). The highest BCUT2D eigenvalue weighted by Crippen LogP contribution is 2.24. The van der Waals surface area contributed by atoms with Crippen LogP contribution < -0.4 is 0 Å². The molecule has 7 heteroatoms. The number of benzene rings is 2. The first-order valence-electron chi connectivity index (χ1n) is 6.67. The molecule has 3 N–H and O–H groups in total. The Kier molecular flexibility index (Phi) is 4.95. The highest BCUT2D eigenvalue weighted by molar-refractivity contribution is 5.94. The van der Waals surface area contributed by atoms with Gasteiger partial charge in [-0.3, -0.25) is 0 Å². The fourth-order valence-electron chi connectivity index (χ4n) is 2.20. The summed E-state index contributed by atoms with van der Waals surface area (Å²) < 4.78 is 0. The van der Waals surface area contributed by atoms with E-state index in [1.165, 1.54) is 6.07 Å². The summed E-state index contributed by atoms with van der Waals surface area (Å²) in [5.41, 5.74) is 8.89. The Morgan fingerprint density at radius 2 is 1.86 bits per heavy atom. The van der Waals surface area contributed by atoms with Crippen LogP contribution in [0.3, 0.4) is 0 Å². The van der Waals surface area contributed by atoms with Crippen molar-refractivity contribution in [3.63, 3.8) is 0 Å². The molecule has 0 aromatic heterocycles. The van der Waals surface area contributed by atoms with Crippen LogP contribution in [-0.2, 0) is 0 Å². The summed E-state index contributed by atoms with van der Waals surface area (Å²) in [6.07, 6.45) is -1.99. The highest BCUT2D eigenvalue weighted by Gasteiger charge is 2.18. The summed E-state index contributed by atoms with van der Waals surface area (Å²) >= 11 is 0. The van der Waals surface area contributed by atoms with Gasteiger partial charge in [-0.25, -0.2) is 4.79 Å². The van der Waals surface area contributed by atoms with Crippen molar-refractivity contribution in [2.45, 2.75) is 18.6 Å². The monoisotopic (exact) mass is 301 g/mol. The molecule has 0 radical (unpaired) electrons. The number of carbonyl (C=O) groups is 1. The Balaban J connectivity index is 2.23. The Morgan fingerprint density at radius 3 is 2.55 bits per heavy atom. The second-order valence-corrected chi connectivity index (χ2v) is 4.88. The number of azide groups is 1. The van der Waals surface area contributed by atoms with Gasteiger partial charge in [0.05, 0.1) is 11.7 Å². The van der Waals surface area contributed by atoms with Crippen LogP contribution in [0.2, 0.25) is 0 Å². The van der Waals surface area contributed by atoms with Crippen molar-refractivity contribution in [1.29, 1.82) is 0 Å². The minimum absolute atomic E-state index is 0.101. The third-order valence-corrected chi connectivity index (χ3v) is 3.41. The Bertz CT molecular complexity index is 741. The van der Waals surface area contributed by atoms with Gasteiger partial charge in [-0.05, 0) is 46.5 Å². The maximum atomic E-state index is 10.9. The van der Waals surface area contributed by atoms with Crippen LogP contribution in [-0.4, -0.2) is 33.9 Å². The van der Waals surface area contributed by atoms with Gasteiger partial charge in [0.15, 0.2) is 0 Å². The number of aromatic carboxylic acids is 1. The molecule has 2 unspecified atom stereocenters. The minimum atomic E-state index is -1.10. The molecule has 114 valence electrons. The lowest BCUT2D eigenvalue weighted by Gasteiger charge is -2.18. The molecular formula is C15H15N3O4. The number of fused-ring (bicyclic) bond motifs is 1. The van der Waals surface area contributed by atoms with E-state index in [4.69, 9.17) is 10.6 Å². The number of hydrogen-bond donors (Lipinski definition) is 3. The van der Waals surface area contributed by atoms with Crippen molar-refractivity contribution in [3.05, 3.63) is 58.0 Å². The van der Waals surface area contributed by atoms with E-state index in [9.17, 15) is 15.0 Å². The summed E-state index contributed by atoms with van der Waals surface area (Å²) in [5.74, 6) is -1.00. The first-order chi connectivity index (χ1) is 10.5. The van der Waals surface area contributed by atoms with Crippen molar-refractivity contribution in [2.24, 2.45) is 5.11 Å². The first kappa shape index (κ1) is 15.8. The summed E-state index contributed by atoms with van der Waals surface area (Å²) in [6, 6.07) is 9.71. The molecule has 0 amide bonds. The fourth-order valence-corrected chi connectivity index (χ4v) is 2.20. The number of aliphatic hydroxyl groups excluding tert-OH is 2. The van der Waals surface area contributed by atoms with Crippen molar-refractivity contribution >= 4 is 16.7 Å². The third-order valence-electron chi connectivity index (χ3n) is 3.41. The highest BCUT2D eigenvalue weighted by atomic mass is 16.4. The van der Waals surface area contributed by atoms with E-state index in [1.54, 1.807) is 30.3 Å². The quantitative estimate of drug-likeness (QED) is 0.430. The molecule has 2 atom stereocenters. The van der Waals surface area contributed by atoms with E-state index in [-0.39, 0.29) is 18.5 Å². The predicted molar refractivity (Wildman–Crippen MR) is 80.5 cm³/mol. The second-order valence-electron chi connectivity index (χ2n) is 4.88. The molecule has 7 nitrogen and oxygen atoms in total. The Morgan fingerprint density at radius 1 is 1.18 bits per heavy atom. The summed E-state index contributed by atoms with van der Waals surface area (Å²) in [6.45, 7) is 0.101. The second kappa shape index (κ2) is 6.91. The van der Waals surface area contributed by atoms with Crippen molar-refractivity contribution < 1.29 is 20.1 Å². The minimum Gasteiger partial charge on any atom is -0.478 e. The zero-order valence-corrected chi connectivity index (χ0v) is 11.6. The molecule has 0 saturated heterocycles. The lowest BCUT2D eigenvalue weighted by molar-refractivity contribution is 0.0151. The zero-order chi connectivity index (χ0) is 16.1. The van der Waals surface area contributed by atoms with Crippen LogP contribution in [0.4, 0.5) is 0 Å². The molecule has 0 aliphatic heterocycles. The Labute approximate surface area is 126 Å². The largest absolute Gasteiger partial charge is 0.478 e. The topological polar surface area (TPSA) is 127 Å². The SMILES string of the molecule is [N-]=[N+]=NCCC(O)C(O)c1ccc2cc(C(=O)O)ccc2c1. The van der Waals surface area contributed by atoms with Crippen molar-refractivity contribution in [3.8, 4) is 0 Å². The van der Waals surface area contributed by atoms with Crippen molar-refractivity contribution in [2.75, 3.05) is 6.54 Å². The summed E-state index contributed by atoms with van der Waals surface area (Å²) in [7, 11) is 0. The molecule has 0 aliphatic carbocycles. The molecule has 0 saturated carbocycles. The van der Waals surface area contributed by atoms with Gasteiger partial charge in [0, 0.05) is 11.5 Å². The summed E-state index contributed by atoms with van der Waals surface area (Å²) in [4.78, 5) is 13.5. The van der Waals surface area contributed by atoms with Gasteiger partial charge >= 0.3 is 5.97 Å². The molecule has 2 aromatic rings. The number of rotatable bonds is 6. The lowest BCUT2D eigenvalue weighted by atomic mass is 9.98. The van der Waals surface area contributed by atoms with Gasteiger partial charge < -0.3 is 15.3 Å². The maximum absolute atomic E-state index is 10.9. The number of carboxylic acids is 1. The van der Waals surface area contributed by atoms with Gasteiger partial charge in [-0.15, -0.1) is 0 Å². The summed E-state index contributed by atoms with van der Waals surface area (Å²) in [5, 5.41) is 33.8. The first-order valence-corrected chi connectivity index (χ1v) is 6.67. The molecule has 0 spiro atoms.